The molecule has 3 rings (SSSR count). The molecule has 0 saturated carbocycles. The minimum atomic E-state index is 0.00945. The molecule has 2 nitrogen and oxygen atoms in total. The van der Waals surface area contributed by atoms with Crippen LogP contribution in [0, 0.1) is 13.8 Å². The standard InChI is InChI=1S/C19H20N2/c1-13-7-10-18(14(2)11-13)19(21-20)17-9-8-15-5-3-4-6-16(15)12-17/h3-12,19,21H,20H2,1-2H3. The Kier molecular flexibility index (Phi) is 3.74. The first kappa shape index (κ1) is 13.8. The number of fused-ring (bicyclic) bond motifs is 1. The maximum atomic E-state index is 5.84. The number of benzene rings is 3. The van der Waals surface area contributed by atoms with Gasteiger partial charge in [0.1, 0.15) is 0 Å². The summed E-state index contributed by atoms with van der Waals surface area (Å²) in [6.07, 6.45) is 0. The van der Waals surface area contributed by atoms with Crippen LogP contribution in [-0.2, 0) is 0 Å². The molecule has 3 aromatic carbocycles. The molecule has 0 saturated heterocycles. The summed E-state index contributed by atoms with van der Waals surface area (Å²) in [5, 5.41) is 2.48. The molecule has 2 heteroatoms. The fraction of sp³-hybridized carbons (Fsp3) is 0.158. The van der Waals surface area contributed by atoms with E-state index in [1.165, 1.54) is 33.0 Å². The minimum absolute atomic E-state index is 0.00945. The Balaban J connectivity index is 2.09. The van der Waals surface area contributed by atoms with Gasteiger partial charge in [-0.15, -0.1) is 0 Å². The predicted molar refractivity (Wildman–Crippen MR) is 89.0 cm³/mol. The van der Waals surface area contributed by atoms with Crippen LogP contribution >= 0.6 is 0 Å². The topological polar surface area (TPSA) is 38.0 Å². The Morgan fingerprint density at radius 2 is 1.62 bits per heavy atom. The molecular weight excluding hydrogens is 256 g/mol. The third-order valence-electron chi connectivity index (χ3n) is 4.01. The predicted octanol–water partition coefficient (Wildman–Crippen LogP) is 4.01. The van der Waals surface area contributed by atoms with Crippen LogP contribution in [0.4, 0.5) is 0 Å². The quantitative estimate of drug-likeness (QED) is 0.560. The zero-order valence-electron chi connectivity index (χ0n) is 12.4. The van der Waals surface area contributed by atoms with Gasteiger partial charge in [-0.2, -0.15) is 0 Å². The van der Waals surface area contributed by atoms with Crippen LogP contribution in [0.25, 0.3) is 10.8 Å². The lowest BCUT2D eigenvalue weighted by atomic mass is 9.93. The molecule has 0 aliphatic heterocycles. The minimum Gasteiger partial charge on any atom is -0.271 e. The average molecular weight is 276 g/mol. The van der Waals surface area contributed by atoms with Crippen molar-refractivity contribution in [2.45, 2.75) is 19.9 Å². The maximum absolute atomic E-state index is 5.84. The van der Waals surface area contributed by atoms with Crippen molar-refractivity contribution in [3.05, 3.63) is 82.9 Å². The van der Waals surface area contributed by atoms with Crippen LogP contribution in [0.3, 0.4) is 0 Å². The maximum Gasteiger partial charge on any atom is 0.0712 e. The molecule has 0 aliphatic carbocycles. The van der Waals surface area contributed by atoms with Gasteiger partial charge in [0.05, 0.1) is 6.04 Å². The molecule has 1 atom stereocenters. The number of aryl methyl sites for hydroxylation is 2. The molecule has 0 aliphatic rings. The largest absolute Gasteiger partial charge is 0.271 e. The number of nitrogens with one attached hydrogen (secondary N) is 1. The summed E-state index contributed by atoms with van der Waals surface area (Å²) >= 11 is 0. The highest BCUT2D eigenvalue weighted by atomic mass is 15.2. The molecule has 0 fully saturated rings. The smallest absolute Gasteiger partial charge is 0.0712 e. The molecule has 3 aromatic rings. The molecular formula is C19H20N2. The number of rotatable bonds is 3. The van der Waals surface area contributed by atoms with Gasteiger partial charge in [0.15, 0.2) is 0 Å². The lowest BCUT2D eigenvalue weighted by Gasteiger charge is -2.20. The van der Waals surface area contributed by atoms with E-state index in [9.17, 15) is 0 Å². The molecule has 0 bridgehead atoms. The van der Waals surface area contributed by atoms with Crippen molar-refractivity contribution in [2.24, 2.45) is 5.84 Å². The highest BCUT2D eigenvalue weighted by Gasteiger charge is 2.14. The summed E-state index contributed by atoms with van der Waals surface area (Å²) in [7, 11) is 0. The Hall–Kier alpha value is -2.16. The summed E-state index contributed by atoms with van der Waals surface area (Å²) < 4.78 is 0. The summed E-state index contributed by atoms with van der Waals surface area (Å²) in [6, 6.07) is 21.4. The zero-order chi connectivity index (χ0) is 14.8. The third kappa shape index (κ3) is 2.68. The van der Waals surface area contributed by atoms with Gasteiger partial charge in [-0.25, -0.2) is 5.43 Å². The van der Waals surface area contributed by atoms with E-state index in [4.69, 9.17) is 5.84 Å². The van der Waals surface area contributed by atoms with Crippen molar-refractivity contribution < 1.29 is 0 Å². The average Bonchev–Trinajstić information content (AvgIpc) is 2.50. The first-order chi connectivity index (χ1) is 10.2. The lowest BCUT2D eigenvalue weighted by Crippen LogP contribution is -2.29. The SMILES string of the molecule is Cc1ccc(C(NN)c2ccc3ccccc3c2)c(C)c1. The van der Waals surface area contributed by atoms with Crippen molar-refractivity contribution in [3.63, 3.8) is 0 Å². The normalized spacial score (nSPS) is 12.5. The first-order valence-electron chi connectivity index (χ1n) is 7.21. The number of hydrogen-bond donors (Lipinski definition) is 2. The molecule has 1 unspecified atom stereocenters. The third-order valence-corrected chi connectivity index (χ3v) is 4.01. The van der Waals surface area contributed by atoms with Crippen LogP contribution in [0.15, 0.2) is 60.7 Å². The van der Waals surface area contributed by atoms with Crippen LogP contribution in [0.5, 0.6) is 0 Å². The fourth-order valence-electron chi connectivity index (χ4n) is 2.90. The van der Waals surface area contributed by atoms with Crippen LogP contribution in [0.2, 0.25) is 0 Å². The highest BCUT2D eigenvalue weighted by molar-refractivity contribution is 5.83. The van der Waals surface area contributed by atoms with Gasteiger partial charge in [-0.3, -0.25) is 5.84 Å². The van der Waals surface area contributed by atoms with Gasteiger partial charge in [0.25, 0.3) is 0 Å². The van der Waals surface area contributed by atoms with Gasteiger partial charge in [-0.05, 0) is 47.4 Å². The number of hydrazine groups is 1. The van der Waals surface area contributed by atoms with E-state index in [0.29, 0.717) is 0 Å². The lowest BCUT2D eigenvalue weighted by molar-refractivity contribution is 0.634. The molecule has 0 heterocycles. The van der Waals surface area contributed by atoms with E-state index in [2.05, 4.69) is 79.9 Å². The van der Waals surface area contributed by atoms with Gasteiger partial charge in [-0.1, -0.05) is 60.2 Å². The molecule has 106 valence electrons. The Morgan fingerprint density at radius 3 is 2.33 bits per heavy atom. The molecule has 0 amide bonds. The zero-order valence-corrected chi connectivity index (χ0v) is 12.4. The molecule has 0 aromatic heterocycles. The van der Waals surface area contributed by atoms with E-state index in [1.54, 1.807) is 0 Å². The second kappa shape index (κ2) is 5.68. The monoisotopic (exact) mass is 276 g/mol. The van der Waals surface area contributed by atoms with Crippen LogP contribution in [-0.4, -0.2) is 0 Å². The Labute approximate surface area is 125 Å². The van der Waals surface area contributed by atoms with E-state index >= 15 is 0 Å². The van der Waals surface area contributed by atoms with Crippen LogP contribution < -0.4 is 11.3 Å². The van der Waals surface area contributed by atoms with E-state index in [1.807, 2.05) is 0 Å². The summed E-state index contributed by atoms with van der Waals surface area (Å²) in [6.45, 7) is 4.24. The highest BCUT2D eigenvalue weighted by Crippen LogP contribution is 2.27. The van der Waals surface area contributed by atoms with Crippen molar-refractivity contribution in [3.8, 4) is 0 Å². The van der Waals surface area contributed by atoms with Crippen LogP contribution in [0.1, 0.15) is 28.3 Å². The number of hydrogen-bond acceptors (Lipinski definition) is 2. The van der Waals surface area contributed by atoms with Crippen molar-refractivity contribution in [1.29, 1.82) is 0 Å². The van der Waals surface area contributed by atoms with Gasteiger partial charge >= 0.3 is 0 Å². The fourth-order valence-corrected chi connectivity index (χ4v) is 2.90. The second-order valence-electron chi connectivity index (χ2n) is 5.57. The summed E-state index contributed by atoms with van der Waals surface area (Å²) in [4.78, 5) is 0. The molecule has 21 heavy (non-hydrogen) atoms. The van der Waals surface area contributed by atoms with Gasteiger partial charge in [0, 0.05) is 0 Å². The Bertz CT molecular complexity index is 777. The molecule has 0 radical (unpaired) electrons. The van der Waals surface area contributed by atoms with Crippen molar-refractivity contribution >= 4 is 10.8 Å². The van der Waals surface area contributed by atoms with Crippen molar-refractivity contribution in [1.82, 2.24) is 5.43 Å². The van der Waals surface area contributed by atoms with Gasteiger partial charge < -0.3 is 0 Å². The summed E-state index contributed by atoms with van der Waals surface area (Å²) in [5.41, 5.74) is 7.89. The van der Waals surface area contributed by atoms with Crippen molar-refractivity contribution in [2.75, 3.05) is 0 Å². The molecule has 0 spiro atoms. The van der Waals surface area contributed by atoms with E-state index in [0.717, 1.165) is 0 Å². The van der Waals surface area contributed by atoms with E-state index < -0.39 is 0 Å². The second-order valence-corrected chi connectivity index (χ2v) is 5.57. The van der Waals surface area contributed by atoms with Gasteiger partial charge in [0.2, 0.25) is 0 Å². The first-order valence-corrected chi connectivity index (χ1v) is 7.21. The summed E-state index contributed by atoms with van der Waals surface area (Å²) in [5.74, 6) is 5.84. The van der Waals surface area contributed by atoms with E-state index in [-0.39, 0.29) is 6.04 Å². The molecule has 3 N–H and O–H groups in total. The number of nitrogens with two attached hydrogens (primary N) is 1. The Morgan fingerprint density at radius 1 is 0.857 bits per heavy atom.